The van der Waals surface area contributed by atoms with Gasteiger partial charge in [0, 0.05) is 23.7 Å². The van der Waals surface area contributed by atoms with E-state index in [2.05, 4.69) is 17.0 Å². The lowest BCUT2D eigenvalue weighted by Gasteiger charge is -2.06. The number of hydrogen-bond donors (Lipinski definition) is 1. The van der Waals surface area contributed by atoms with Crippen molar-refractivity contribution in [1.82, 2.24) is 0 Å². The number of carbonyl (C=O) groups excluding carboxylic acids is 1. The number of anilines is 1. The highest BCUT2D eigenvalue weighted by atomic mass is 19.3. The fourth-order valence-corrected chi connectivity index (χ4v) is 2.47. The van der Waals surface area contributed by atoms with Crippen LogP contribution < -0.4 is 10.1 Å². The van der Waals surface area contributed by atoms with Crippen LogP contribution in [0.5, 0.6) is 5.75 Å². The minimum absolute atomic E-state index is 0.0130. The summed E-state index contributed by atoms with van der Waals surface area (Å²) in [6.07, 6.45) is 4.04. The summed E-state index contributed by atoms with van der Waals surface area (Å²) < 4.78 is 34.3. The van der Waals surface area contributed by atoms with Gasteiger partial charge in [-0.15, -0.1) is 0 Å². The lowest BCUT2D eigenvalue weighted by molar-refractivity contribution is -0.111. The summed E-state index contributed by atoms with van der Waals surface area (Å²) in [4.78, 5) is 11.9. The fraction of sp³-hybridized carbons (Fsp3) is 0.278. The Hall–Kier alpha value is -2.63. The lowest BCUT2D eigenvalue weighted by atomic mass is 10.3. The first-order valence-electron chi connectivity index (χ1n) is 7.65. The van der Waals surface area contributed by atoms with Crippen molar-refractivity contribution in [2.24, 2.45) is 5.92 Å². The molecule has 1 aromatic carbocycles. The molecule has 0 spiro atoms. The maximum Gasteiger partial charge on any atom is 0.387 e. The number of hydrogen-bond acceptors (Lipinski definition) is 3. The second-order valence-electron chi connectivity index (χ2n) is 5.79. The molecule has 4 nitrogen and oxygen atoms in total. The predicted octanol–water partition coefficient (Wildman–Crippen LogP) is 4.66. The second kappa shape index (κ2) is 6.86. The number of alkyl halides is 2. The Morgan fingerprint density at radius 2 is 2.17 bits per heavy atom. The zero-order valence-electron chi connectivity index (χ0n) is 13.0. The van der Waals surface area contributed by atoms with Gasteiger partial charge in [0.2, 0.25) is 5.91 Å². The standard InChI is InChI=1S/C18H17F2NO3/c1-11-9-15(11)16-7-5-13(23-16)6-8-17(22)21-12-3-2-4-14(10-12)24-18(19)20/h2-8,10-11,15,18H,9H2,1H3,(H,21,22). The lowest BCUT2D eigenvalue weighted by Crippen LogP contribution is -2.08. The van der Waals surface area contributed by atoms with Gasteiger partial charge in [0.25, 0.3) is 0 Å². The molecular formula is C18H17F2NO3. The van der Waals surface area contributed by atoms with Gasteiger partial charge in [0.1, 0.15) is 17.3 Å². The molecule has 0 aliphatic heterocycles. The van der Waals surface area contributed by atoms with E-state index in [0.29, 0.717) is 23.3 Å². The van der Waals surface area contributed by atoms with Crippen molar-refractivity contribution < 1.29 is 22.7 Å². The number of benzene rings is 1. The van der Waals surface area contributed by atoms with Gasteiger partial charge in [-0.25, -0.2) is 0 Å². The van der Waals surface area contributed by atoms with E-state index in [1.165, 1.54) is 24.3 Å². The summed E-state index contributed by atoms with van der Waals surface area (Å²) in [5.41, 5.74) is 0.370. The maximum absolute atomic E-state index is 12.2. The van der Waals surface area contributed by atoms with Crippen LogP contribution in [0.2, 0.25) is 0 Å². The van der Waals surface area contributed by atoms with Gasteiger partial charge in [-0.2, -0.15) is 8.78 Å². The molecule has 6 heteroatoms. The monoisotopic (exact) mass is 333 g/mol. The molecule has 1 N–H and O–H groups in total. The van der Waals surface area contributed by atoms with Crippen LogP contribution in [0, 0.1) is 5.92 Å². The van der Waals surface area contributed by atoms with Crippen LogP contribution in [-0.2, 0) is 4.79 Å². The van der Waals surface area contributed by atoms with E-state index in [4.69, 9.17) is 4.42 Å². The number of furan rings is 1. The molecule has 0 bridgehead atoms. The van der Waals surface area contributed by atoms with Crippen molar-refractivity contribution in [3.63, 3.8) is 0 Å². The van der Waals surface area contributed by atoms with Gasteiger partial charge in [0.15, 0.2) is 0 Å². The van der Waals surface area contributed by atoms with E-state index in [1.807, 2.05) is 12.1 Å². The van der Waals surface area contributed by atoms with Crippen LogP contribution in [0.3, 0.4) is 0 Å². The van der Waals surface area contributed by atoms with Crippen LogP contribution >= 0.6 is 0 Å². The van der Waals surface area contributed by atoms with Crippen molar-refractivity contribution >= 4 is 17.7 Å². The van der Waals surface area contributed by atoms with Crippen molar-refractivity contribution in [3.05, 3.63) is 54.0 Å². The Bertz CT molecular complexity index is 754. The van der Waals surface area contributed by atoms with Crippen molar-refractivity contribution in [2.75, 3.05) is 5.32 Å². The molecule has 1 saturated carbocycles. The molecule has 1 aliphatic rings. The Morgan fingerprint density at radius 1 is 1.38 bits per heavy atom. The third-order valence-electron chi connectivity index (χ3n) is 3.85. The molecule has 24 heavy (non-hydrogen) atoms. The summed E-state index contributed by atoms with van der Waals surface area (Å²) in [6, 6.07) is 9.58. The largest absolute Gasteiger partial charge is 0.461 e. The summed E-state index contributed by atoms with van der Waals surface area (Å²) in [5.74, 6) is 2.29. The van der Waals surface area contributed by atoms with E-state index in [1.54, 1.807) is 12.1 Å². The normalized spacial score (nSPS) is 19.7. The van der Waals surface area contributed by atoms with Gasteiger partial charge >= 0.3 is 6.61 Å². The number of nitrogens with one attached hydrogen (secondary N) is 1. The molecule has 126 valence electrons. The van der Waals surface area contributed by atoms with Gasteiger partial charge in [-0.05, 0) is 42.7 Å². The number of rotatable bonds is 6. The Labute approximate surface area is 138 Å². The van der Waals surface area contributed by atoms with E-state index >= 15 is 0 Å². The van der Waals surface area contributed by atoms with E-state index in [0.717, 1.165) is 12.2 Å². The van der Waals surface area contributed by atoms with Crippen LogP contribution in [0.15, 0.2) is 46.9 Å². The van der Waals surface area contributed by atoms with Crippen molar-refractivity contribution in [2.45, 2.75) is 25.9 Å². The average molecular weight is 333 g/mol. The van der Waals surface area contributed by atoms with Crippen molar-refractivity contribution in [3.8, 4) is 5.75 Å². The molecule has 1 heterocycles. The smallest absolute Gasteiger partial charge is 0.387 e. The molecule has 1 fully saturated rings. The van der Waals surface area contributed by atoms with Gasteiger partial charge in [-0.1, -0.05) is 13.0 Å². The Balaban J connectivity index is 1.58. The summed E-state index contributed by atoms with van der Waals surface area (Å²) in [6.45, 7) is -0.736. The first-order chi connectivity index (χ1) is 11.5. The van der Waals surface area contributed by atoms with E-state index in [-0.39, 0.29) is 11.7 Å². The molecular weight excluding hydrogens is 316 g/mol. The van der Waals surface area contributed by atoms with E-state index in [9.17, 15) is 13.6 Å². The van der Waals surface area contributed by atoms with Gasteiger partial charge < -0.3 is 14.5 Å². The average Bonchev–Trinajstić information content (AvgIpc) is 3.07. The highest BCUT2D eigenvalue weighted by molar-refractivity contribution is 6.01. The zero-order valence-corrected chi connectivity index (χ0v) is 13.0. The first kappa shape index (κ1) is 16.2. The fourth-order valence-electron chi connectivity index (χ4n) is 2.47. The SMILES string of the molecule is CC1CC1c1ccc(C=CC(=O)Nc2cccc(OC(F)F)c2)o1. The zero-order chi connectivity index (χ0) is 17.1. The number of carbonyl (C=O) groups is 1. The minimum Gasteiger partial charge on any atom is -0.461 e. The quantitative estimate of drug-likeness (QED) is 0.783. The Kier molecular flexibility index (Phi) is 4.64. The predicted molar refractivity (Wildman–Crippen MR) is 86.0 cm³/mol. The van der Waals surface area contributed by atoms with Crippen LogP contribution in [0.1, 0.15) is 30.8 Å². The molecule has 0 radical (unpaired) electrons. The summed E-state index contributed by atoms with van der Waals surface area (Å²) >= 11 is 0. The topological polar surface area (TPSA) is 51.5 Å². The molecule has 1 aliphatic carbocycles. The molecule has 1 amide bonds. The third-order valence-corrected chi connectivity index (χ3v) is 3.85. The maximum atomic E-state index is 12.2. The molecule has 2 aromatic rings. The van der Waals surface area contributed by atoms with E-state index < -0.39 is 6.61 Å². The third kappa shape index (κ3) is 4.22. The van der Waals surface area contributed by atoms with Gasteiger partial charge in [-0.3, -0.25) is 4.79 Å². The minimum atomic E-state index is -2.90. The van der Waals surface area contributed by atoms with Crippen molar-refractivity contribution in [1.29, 1.82) is 0 Å². The number of ether oxygens (including phenoxy) is 1. The number of amides is 1. The first-order valence-corrected chi connectivity index (χ1v) is 7.65. The second-order valence-corrected chi connectivity index (χ2v) is 5.79. The molecule has 3 rings (SSSR count). The molecule has 2 atom stereocenters. The van der Waals surface area contributed by atoms with Crippen LogP contribution in [-0.4, -0.2) is 12.5 Å². The van der Waals surface area contributed by atoms with Crippen LogP contribution in [0.4, 0.5) is 14.5 Å². The summed E-state index contributed by atoms with van der Waals surface area (Å²) in [7, 11) is 0. The molecule has 2 unspecified atom stereocenters. The highest BCUT2D eigenvalue weighted by Gasteiger charge is 2.36. The van der Waals surface area contributed by atoms with Crippen LogP contribution in [0.25, 0.3) is 6.08 Å². The number of halogens is 2. The summed E-state index contributed by atoms with van der Waals surface area (Å²) in [5, 5.41) is 2.58. The Morgan fingerprint density at radius 3 is 2.88 bits per heavy atom. The van der Waals surface area contributed by atoms with Gasteiger partial charge in [0.05, 0.1) is 0 Å². The molecule has 0 saturated heterocycles. The highest BCUT2D eigenvalue weighted by Crippen LogP contribution is 2.47. The molecule has 1 aromatic heterocycles.